The van der Waals surface area contributed by atoms with E-state index in [1.165, 1.54) is 0 Å². The molecule has 1 aromatic carbocycles. The predicted octanol–water partition coefficient (Wildman–Crippen LogP) is 1.97. The Morgan fingerprint density at radius 1 is 1.21 bits per heavy atom. The van der Waals surface area contributed by atoms with Gasteiger partial charge in [-0.05, 0) is 24.1 Å². The van der Waals surface area contributed by atoms with Crippen LogP contribution in [0.25, 0.3) is 0 Å². The number of ether oxygens (including phenoxy) is 1. The van der Waals surface area contributed by atoms with Gasteiger partial charge in [-0.2, -0.15) is 0 Å². The standard InChI is InChI=1S/C15H21NO3/c1-11(2)14(17)10-16-15(18)9-6-12-4-7-13(19-3)8-5-12/h4-5,7-8,11H,6,9-10H2,1-3H3,(H,16,18). The van der Waals surface area contributed by atoms with E-state index in [-0.39, 0.29) is 24.2 Å². The molecule has 0 fully saturated rings. The Balaban J connectivity index is 2.31. The first-order valence-corrected chi connectivity index (χ1v) is 6.45. The largest absolute Gasteiger partial charge is 0.497 e. The van der Waals surface area contributed by atoms with E-state index in [0.29, 0.717) is 12.8 Å². The normalized spacial score (nSPS) is 10.3. The lowest BCUT2D eigenvalue weighted by molar-refractivity contribution is -0.126. The maximum absolute atomic E-state index is 11.6. The molecule has 1 aromatic rings. The summed E-state index contributed by atoms with van der Waals surface area (Å²) in [6.07, 6.45) is 1.05. The number of carbonyl (C=O) groups excluding carboxylic acids is 2. The molecule has 0 radical (unpaired) electrons. The molecular formula is C15H21NO3. The second-order valence-corrected chi connectivity index (χ2v) is 4.75. The number of methoxy groups -OCH3 is 1. The van der Waals surface area contributed by atoms with Crippen molar-refractivity contribution in [2.45, 2.75) is 26.7 Å². The van der Waals surface area contributed by atoms with Crippen molar-refractivity contribution in [1.82, 2.24) is 5.32 Å². The van der Waals surface area contributed by atoms with Gasteiger partial charge in [0.05, 0.1) is 13.7 Å². The third-order valence-electron chi connectivity index (χ3n) is 2.90. The highest BCUT2D eigenvalue weighted by atomic mass is 16.5. The molecule has 0 saturated carbocycles. The van der Waals surface area contributed by atoms with Crippen LogP contribution in [0.4, 0.5) is 0 Å². The van der Waals surface area contributed by atoms with Gasteiger partial charge < -0.3 is 10.1 Å². The molecule has 1 rings (SSSR count). The van der Waals surface area contributed by atoms with Crippen molar-refractivity contribution < 1.29 is 14.3 Å². The third kappa shape index (κ3) is 5.55. The minimum Gasteiger partial charge on any atom is -0.497 e. The van der Waals surface area contributed by atoms with Gasteiger partial charge in [-0.3, -0.25) is 9.59 Å². The number of Topliss-reactive ketones (excluding diaryl/α,β-unsaturated/α-hetero) is 1. The Labute approximate surface area is 114 Å². The van der Waals surface area contributed by atoms with E-state index in [1.807, 2.05) is 38.1 Å². The minimum atomic E-state index is -0.0928. The van der Waals surface area contributed by atoms with Crippen molar-refractivity contribution in [3.05, 3.63) is 29.8 Å². The van der Waals surface area contributed by atoms with E-state index in [9.17, 15) is 9.59 Å². The molecule has 1 N–H and O–H groups in total. The molecule has 0 aliphatic carbocycles. The average Bonchev–Trinajstić information content (AvgIpc) is 2.42. The lowest BCUT2D eigenvalue weighted by Crippen LogP contribution is -2.31. The summed E-state index contributed by atoms with van der Waals surface area (Å²) in [7, 11) is 1.62. The number of benzene rings is 1. The van der Waals surface area contributed by atoms with Gasteiger partial charge in [-0.25, -0.2) is 0 Å². The fourth-order valence-electron chi connectivity index (χ4n) is 1.53. The second kappa shape index (κ2) is 7.56. The molecule has 4 nitrogen and oxygen atoms in total. The highest BCUT2D eigenvalue weighted by molar-refractivity contribution is 5.87. The first-order valence-electron chi connectivity index (χ1n) is 6.45. The fourth-order valence-corrected chi connectivity index (χ4v) is 1.53. The van der Waals surface area contributed by atoms with Crippen molar-refractivity contribution in [2.24, 2.45) is 5.92 Å². The quantitative estimate of drug-likeness (QED) is 0.818. The van der Waals surface area contributed by atoms with Crippen LogP contribution in [0.1, 0.15) is 25.8 Å². The molecule has 0 bridgehead atoms. The number of aryl methyl sites for hydroxylation is 1. The summed E-state index contributed by atoms with van der Waals surface area (Å²) in [5.74, 6) is 0.722. The molecule has 0 unspecified atom stereocenters. The lowest BCUT2D eigenvalue weighted by Gasteiger charge is -2.07. The van der Waals surface area contributed by atoms with E-state index < -0.39 is 0 Å². The van der Waals surface area contributed by atoms with Crippen molar-refractivity contribution >= 4 is 11.7 Å². The average molecular weight is 263 g/mol. The van der Waals surface area contributed by atoms with E-state index in [1.54, 1.807) is 7.11 Å². The molecule has 0 aromatic heterocycles. The van der Waals surface area contributed by atoms with E-state index in [4.69, 9.17) is 4.74 Å². The van der Waals surface area contributed by atoms with Gasteiger partial charge >= 0.3 is 0 Å². The summed E-state index contributed by atoms with van der Waals surface area (Å²) in [5, 5.41) is 2.64. The van der Waals surface area contributed by atoms with Crippen LogP contribution in [-0.4, -0.2) is 25.3 Å². The first-order chi connectivity index (χ1) is 9.02. The third-order valence-corrected chi connectivity index (χ3v) is 2.90. The number of ketones is 1. The number of rotatable bonds is 7. The van der Waals surface area contributed by atoms with Gasteiger partial charge in [0, 0.05) is 12.3 Å². The van der Waals surface area contributed by atoms with E-state index in [2.05, 4.69) is 5.32 Å². The monoisotopic (exact) mass is 263 g/mol. The molecule has 19 heavy (non-hydrogen) atoms. The van der Waals surface area contributed by atoms with Crippen molar-refractivity contribution in [1.29, 1.82) is 0 Å². The van der Waals surface area contributed by atoms with Gasteiger partial charge in [-0.15, -0.1) is 0 Å². The van der Waals surface area contributed by atoms with Gasteiger partial charge in [-0.1, -0.05) is 26.0 Å². The van der Waals surface area contributed by atoms with Gasteiger partial charge in [0.2, 0.25) is 5.91 Å². The zero-order valence-corrected chi connectivity index (χ0v) is 11.7. The number of hydrogen-bond acceptors (Lipinski definition) is 3. The van der Waals surface area contributed by atoms with Crippen LogP contribution in [0, 0.1) is 5.92 Å². The van der Waals surface area contributed by atoms with Gasteiger partial charge in [0.25, 0.3) is 0 Å². The van der Waals surface area contributed by atoms with Crippen molar-refractivity contribution in [3.8, 4) is 5.75 Å². The fraction of sp³-hybridized carbons (Fsp3) is 0.467. The van der Waals surface area contributed by atoms with Crippen LogP contribution in [0.5, 0.6) is 5.75 Å². The van der Waals surface area contributed by atoms with Crippen LogP contribution in [0.2, 0.25) is 0 Å². The van der Waals surface area contributed by atoms with Gasteiger partial charge in [0.1, 0.15) is 5.75 Å². The minimum absolute atomic E-state index is 0.0399. The molecule has 0 heterocycles. The summed E-state index contributed by atoms with van der Waals surface area (Å²) in [6, 6.07) is 7.61. The zero-order valence-electron chi connectivity index (χ0n) is 11.7. The molecule has 4 heteroatoms. The molecule has 1 amide bonds. The Hall–Kier alpha value is -1.84. The summed E-state index contributed by atoms with van der Waals surface area (Å²) in [4.78, 5) is 22.9. The number of hydrogen-bond donors (Lipinski definition) is 1. The van der Waals surface area contributed by atoms with Crippen LogP contribution in [-0.2, 0) is 16.0 Å². The smallest absolute Gasteiger partial charge is 0.220 e. The number of amides is 1. The maximum atomic E-state index is 11.6. The zero-order chi connectivity index (χ0) is 14.3. The maximum Gasteiger partial charge on any atom is 0.220 e. The molecular weight excluding hydrogens is 242 g/mol. The Morgan fingerprint density at radius 2 is 1.84 bits per heavy atom. The topological polar surface area (TPSA) is 55.4 Å². The Morgan fingerprint density at radius 3 is 2.37 bits per heavy atom. The van der Waals surface area contributed by atoms with Crippen molar-refractivity contribution in [2.75, 3.05) is 13.7 Å². The molecule has 0 saturated heterocycles. The molecule has 0 atom stereocenters. The number of nitrogens with one attached hydrogen (secondary N) is 1. The summed E-state index contributed by atoms with van der Waals surface area (Å²) < 4.78 is 5.07. The SMILES string of the molecule is COc1ccc(CCC(=O)NCC(=O)C(C)C)cc1. The van der Waals surface area contributed by atoms with E-state index in [0.717, 1.165) is 11.3 Å². The second-order valence-electron chi connectivity index (χ2n) is 4.75. The predicted molar refractivity (Wildman–Crippen MR) is 74.2 cm³/mol. The van der Waals surface area contributed by atoms with E-state index >= 15 is 0 Å². The Kier molecular flexibility index (Phi) is 6.06. The summed E-state index contributed by atoms with van der Waals surface area (Å²) >= 11 is 0. The Bertz CT molecular complexity index is 424. The molecule has 104 valence electrons. The van der Waals surface area contributed by atoms with Crippen LogP contribution >= 0.6 is 0 Å². The number of carbonyl (C=O) groups is 2. The first kappa shape index (κ1) is 15.2. The molecule has 0 spiro atoms. The summed E-state index contributed by atoms with van der Waals surface area (Å²) in [6.45, 7) is 3.77. The summed E-state index contributed by atoms with van der Waals surface area (Å²) in [5.41, 5.74) is 1.08. The molecule has 0 aliphatic heterocycles. The van der Waals surface area contributed by atoms with Crippen molar-refractivity contribution in [3.63, 3.8) is 0 Å². The molecule has 0 aliphatic rings. The van der Waals surface area contributed by atoms with Crippen LogP contribution in [0.15, 0.2) is 24.3 Å². The highest BCUT2D eigenvalue weighted by Crippen LogP contribution is 2.12. The van der Waals surface area contributed by atoms with Gasteiger partial charge in [0.15, 0.2) is 5.78 Å². The van der Waals surface area contributed by atoms with Crippen LogP contribution in [0.3, 0.4) is 0 Å². The lowest BCUT2D eigenvalue weighted by atomic mass is 10.1. The highest BCUT2D eigenvalue weighted by Gasteiger charge is 2.09. The van der Waals surface area contributed by atoms with Crippen LogP contribution < -0.4 is 10.1 Å².